The minimum Gasteiger partial charge on any atom is -0.480 e. The fraction of sp³-hybridized carbons (Fsp3) is 0.348. The molecule has 0 saturated carbocycles. The third-order valence-corrected chi connectivity index (χ3v) is 5.68. The predicted octanol–water partition coefficient (Wildman–Crippen LogP) is 3.48. The van der Waals surface area contributed by atoms with Crippen LogP contribution in [0, 0.1) is 0 Å². The second kappa shape index (κ2) is 9.76. The first-order chi connectivity index (χ1) is 15.2. The van der Waals surface area contributed by atoms with Gasteiger partial charge in [-0.3, -0.25) is 4.79 Å². The zero-order valence-corrected chi connectivity index (χ0v) is 17.6. The molecule has 1 unspecified atom stereocenters. The van der Waals surface area contributed by atoms with Crippen molar-refractivity contribution in [2.45, 2.75) is 37.8 Å². The Morgan fingerprint density at radius 2 is 1.59 bits per heavy atom. The third kappa shape index (κ3) is 4.87. The molecule has 0 heterocycles. The zero-order valence-electron chi connectivity index (χ0n) is 17.6. The molecule has 0 aliphatic heterocycles. The lowest BCUT2D eigenvalue weighted by atomic mass is 9.98. The number of halogens is 2. The number of benzene rings is 2. The van der Waals surface area contributed by atoms with E-state index in [1.54, 1.807) is 0 Å². The first-order valence-electron chi connectivity index (χ1n) is 10.1. The summed E-state index contributed by atoms with van der Waals surface area (Å²) in [5, 5.41) is 11.0. The number of likely N-dealkylation sites (N-methyl/N-ethyl adjacent to an activating group) is 1. The summed E-state index contributed by atoms with van der Waals surface area (Å²) in [6.45, 7) is 1.20. The molecule has 0 bridgehead atoms. The van der Waals surface area contributed by atoms with Gasteiger partial charge < -0.3 is 20.1 Å². The average molecular weight is 446 g/mol. The predicted molar refractivity (Wildman–Crippen MR) is 112 cm³/mol. The first kappa shape index (κ1) is 23.2. The molecule has 7 nitrogen and oxygen atoms in total. The number of carboxylic acids is 1. The van der Waals surface area contributed by atoms with Crippen LogP contribution in [0.3, 0.4) is 0 Å². The summed E-state index contributed by atoms with van der Waals surface area (Å²) < 4.78 is 32.1. The van der Waals surface area contributed by atoms with Crippen molar-refractivity contribution in [3.8, 4) is 11.1 Å². The summed E-state index contributed by atoms with van der Waals surface area (Å²) in [5.41, 5.74) is 4.02. The van der Waals surface area contributed by atoms with Gasteiger partial charge in [-0.2, -0.15) is 0 Å². The molecule has 0 aromatic heterocycles. The van der Waals surface area contributed by atoms with Gasteiger partial charge in [-0.25, -0.2) is 18.4 Å². The molecule has 32 heavy (non-hydrogen) atoms. The molecular formula is C23H24F2N2O5. The van der Waals surface area contributed by atoms with Gasteiger partial charge in [-0.15, -0.1) is 0 Å². The number of hydrogen-bond acceptors (Lipinski definition) is 4. The van der Waals surface area contributed by atoms with Gasteiger partial charge in [0.2, 0.25) is 5.91 Å². The molecule has 0 spiro atoms. The van der Waals surface area contributed by atoms with Crippen LogP contribution in [0.1, 0.15) is 30.4 Å². The number of ether oxygens (including phenoxy) is 1. The van der Waals surface area contributed by atoms with E-state index < -0.39 is 42.9 Å². The van der Waals surface area contributed by atoms with E-state index in [1.165, 1.54) is 14.0 Å². The van der Waals surface area contributed by atoms with Crippen molar-refractivity contribution in [3.63, 3.8) is 0 Å². The molecule has 2 atom stereocenters. The van der Waals surface area contributed by atoms with Gasteiger partial charge >= 0.3 is 12.1 Å². The highest BCUT2D eigenvalue weighted by atomic mass is 19.3. The van der Waals surface area contributed by atoms with Crippen molar-refractivity contribution in [2.75, 3.05) is 13.7 Å². The summed E-state index contributed by atoms with van der Waals surface area (Å²) in [7, 11) is 1.21. The number of rotatable bonds is 8. The Kier molecular flexibility index (Phi) is 7.07. The fourth-order valence-electron chi connectivity index (χ4n) is 3.71. The molecule has 170 valence electrons. The van der Waals surface area contributed by atoms with E-state index in [-0.39, 0.29) is 12.5 Å². The fourth-order valence-corrected chi connectivity index (χ4v) is 3.71. The number of carbonyl (C=O) groups is 3. The van der Waals surface area contributed by atoms with Crippen LogP contribution in [0.25, 0.3) is 11.1 Å². The van der Waals surface area contributed by atoms with Crippen molar-refractivity contribution in [1.29, 1.82) is 0 Å². The molecule has 1 aliphatic rings. The molecule has 2 aromatic rings. The van der Waals surface area contributed by atoms with Gasteiger partial charge in [0.1, 0.15) is 18.7 Å². The number of alkyl carbamates (subject to hydrolysis) is 1. The Morgan fingerprint density at radius 3 is 2.09 bits per heavy atom. The summed E-state index contributed by atoms with van der Waals surface area (Å²) in [4.78, 5) is 36.3. The minimum atomic E-state index is -3.03. The van der Waals surface area contributed by atoms with Crippen LogP contribution in [0.4, 0.5) is 13.6 Å². The van der Waals surface area contributed by atoms with Crippen LogP contribution in [0.2, 0.25) is 0 Å². The number of nitrogens with one attached hydrogen (secondary N) is 1. The maximum Gasteiger partial charge on any atom is 0.407 e. The Morgan fingerprint density at radius 1 is 1.06 bits per heavy atom. The zero-order chi connectivity index (χ0) is 23.4. The maximum absolute atomic E-state index is 13.4. The molecule has 0 radical (unpaired) electrons. The van der Waals surface area contributed by atoms with Crippen molar-refractivity contribution in [2.24, 2.45) is 0 Å². The van der Waals surface area contributed by atoms with Crippen LogP contribution in [-0.4, -0.2) is 60.1 Å². The van der Waals surface area contributed by atoms with Crippen LogP contribution >= 0.6 is 0 Å². The normalized spacial score (nSPS) is 14.3. The van der Waals surface area contributed by atoms with Gasteiger partial charge in [-0.05, 0) is 29.2 Å². The molecule has 9 heteroatoms. The summed E-state index contributed by atoms with van der Waals surface area (Å²) in [6.07, 6.45) is -4.86. The third-order valence-electron chi connectivity index (χ3n) is 5.68. The van der Waals surface area contributed by atoms with Gasteiger partial charge in [0.15, 0.2) is 0 Å². The molecule has 1 aliphatic carbocycles. The second-order valence-corrected chi connectivity index (χ2v) is 7.63. The van der Waals surface area contributed by atoms with Crippen LogP contribution in [0.15, 0.2) is 48.5 Å². The Bertz CT molecular complexity index is 968. The van der Waals surface area contributed by atoms with E-state index in [0.29, 0.717) is 0 Å². The van der Waals surface area contributed by atoms with Crippen molar-refractivity contribution < 1.29 is 33.0 Å². The average Bonchev–Trinajstić information content (AvgIpc) is 3.09. The monoisotopic (exact) mass is 446 g/mol. The SMILES string of the molecule is C[C@@H](C(=O)O)N(C)C(=O)CC(NC(=O)OCC1c2ccccc2-c2ccccc21)C(F)F. The molecule has 2 aromatic carbocycles. The van der Waals surface area contributed by atoms with E-state index in [4.69, 9.17) is 9.84 Å². The van der Waals surface area contributed by atoms with E-state index >= 15 is 0 Å². The quantitative estimate of drug-likeness (QED) is 0.647. The highest BCUT2D eigenvalue weighted by Gasteiger charge is 2.32. The number of carbonyl (C=O) groups excluding carboxylic acids is 2. The molecule has 0 fully saturated rings. The molecule has 2 N–H and O–H groups in total. The molecule has 3 rings (SSSR count). The van der Waals surface area contributed by atoms with Gasteiger partial charge in [0, 0.05) is 13.0 Å². The molecule has 0 saturated heterocycles. The van der Waals surface area contributed by atoms with E-state index in [0.717, 1.165) is 27.2 Å². The summed E-state index contributed by atoms with van der Waals surface area (Å²) >= 11 is 0. The lowest BCUT2D eigenvalue weighted by molar-refractivity contribution is -0.148. The lowest BCUT2D eigenvalue weighted by Crippen LogP contribution is -2.47. The van der Waals surface area contributed by atoms with Gasteiger partial charge in [0.25, 0.3) is 6.43 Å². The molecule has 2 amide bonds. The molecular weight excluding hydrogens is 422 g/mol. The number of carboxylic acid groups (broad SMARTS) is 1. The Hall–Kier alpha value is -3.49. The number of fused-ring (bicyclic) bond motifs is 3. The van der Waals surface area contributed by atoms with Gasteiger partial charge in [-0.1, -0.05) is 48.5 Å². The maximum atomic E-state index is 13.4. The number of amides is 2. The smallest absolute Gasteiger partial charge is 0.407 e. The van der Waals surface area contributed by atoms with Crippen LogP contribution < -0.4 is 5.32 Å². The van der Waals surface area contributed by atoms with Crippen LogP contribution in [0.5, 0.6) is 0 Å². The van der Waals surface area contributed by atoms with E-state index in [9.17, 15) is 23.2 Å². The number of hydrogen-bond donors (Lipinski definition) is 2. The topological polar surface area (TPSA) is 95.9 Å². The number of nitrogens with zero attached hydrogens (tertiary/aromatic N) is 1. The largest absolute Gasteiger partial charge is 0.480 e. The number of aliphatic carboxylic acids is 1. The highest BCUT2D eigenvalue weighted by molar-refractivity contribution is 5.84. The summed E-state index contributed by atoms with van der Waals surface area (Å²) in [6, 6.07) is 12.4. The second-order valence-electron chi connectivity index (χ2n) is 7.63. The van der Waals surface area contributed by atoms with E-state index in [1.807, 2.05) is 53.8 Å². The van der Waals surface area contributed by atoms with Gasteiger partial charge in [0.05, 0.1) is 6.42 Å². The Labute approximate surface area is 184 Å². The highest BCUT2D eigenvalue weighted by Crippen LogP contribution is 2.44. The van der Waals surface area contributed by atoms with Crippen molar-refractivity contribution >= 4 is 18.0 Å². The lowest BCUT2D eigenvalue weighted by Gasteiger charge is -2.24. The van der Waals surface area contributed by atoms with E-state index in [2.05, 4.69) is 0 Å². The summed E-state index contributed by atoms with van der Waals surface area (Å²) in [5.74, 6) is -2.33. The Balaban J connectivity index is 1.63. The van der Waals surface area contributed by atoms with Crippen molar-refractivity contribution in [3.05, 3.63) is 59.7 Å². The standard InChI is InChI=1S/C23H24F2N2O5/c1-13(22(29)30)27(2)20(28)11-19(21(24)25)26-23(31)32-12-18-16-9-5-3-7-14(16)15-8-4-6-10-17(15)18/h3-10,13,18-19,21H,11-12H2,1-2H3,(H,26,31)(H,29,30)/t13-,19?/m0/s1. The van der Waals surface area contributed by atoms with Crippen molar-refractivity contribution in [1.82, 2.24) is 10.2 Å². The minimum absolute atomic E-state index is 0.0558. The number of alkyl halides is 2. The van der Waals surface area contributed by atoms with Crippen LogP contribution in [-0.2, 0) is 14.3 Å². The first-order valence-corrected chi connectivity index (χ1v) is 10.1.